The molecule has 0 aliphatic heterocycles. The number of nitrogens with two attached hydrogens (primary N) is 1. The molecule has 0 saturated carbocycles. The molecule has 0 bridgehead atoms. The van der Waals surface area contributed by atoms with Crippen molar-refractivity contribution >= 4 is 42.1 Å². The summed E-state index contributed by atoms with van der Waals surface area (Å²) < 4.78 is 0. The number of rotatable bonds is 8. The Morgan fingerprint density at radius 2 is 1.92 bits per heavy atom. The molecule has 1 amide bonds. The van der Waals surface area contributed by atoms with Crippen molar-refractivity contribution < 1.29 is 4.79 Å². The van der Waals surface area contributed by atoms with Crippen molar-refractivity contribution in [3.05, 3.63) is 51.5 Å². The Kier molecular flexibility index (Phi) is 11.6. The van der Waals surface area contributed by atoms with Crippen molar-refractivity contribution in [2.45, 2.75) is 33.5 Å². The standard InChI is InChI=1S/C17H24N4OS.2ClH/c1-3-21(4-2)11-14-7-5-6-13(8-14)10-19-17(22)15-12-23-16(9-18)20-15;;/h5-8,12H,3-4,9-11,18H2,1-2H3,(H,19,22);2*1H. The second-order valence-corrected chi connectivity index (χ2v) is 6.24. The molecule has 3 N–H and O–H groups in total. The van der Waals surface area contributed by atoms with Gasteiger partial charge in [-0.1, -0.05) is 38.1 Å². The van der Waals surface area contributed by atoms with Crippen molar-refractivity contribution in [2.75, 3.05) is 13.1 Å². The largest absolute Gasteiger partial charge is 0.347 e. The van der Waals surface area contributed by atoms with Crippen LogP contribution in [0.5, 0.6) is 0 Å². The first-order valence-electron chi connectivity index (χ1n) is 7.89. The normalized spacial score (nSPS) is 10.1. The molecule has 0 fully saturated rings. The summed E-state index contributed by atoms with van der Waals surface area (Å²) in [6.45, 7) is 8.19. The van der Waals surface area contributed by atoms with Gasteiger partial charge in [0.2, 0.25) is 0 Å². The molecule has 0 aliphatic rings. The molecule has 0 atom stereocenters. The summed E-state index contributed by atoms with van der Waals surface area (Å²) >= 11 is 1.41. The monoisotopic (exact) mass is 404 g/mol. The lowest BCUT2D eigenvalue weighted by atomic mass is 10.1. The van der Waals surface area contributed by atoms with Crippen molar-refractivity contribution in [1.82, 2.24) is 15.2 Å². The number of nitrogens with zero attached hydrogens (tertiary/aromatic N) is 2. The summed E-state index contributed by atoms with van der Waals surface area (Å²) in [6, 6.07) is 8.33. The maximum atomic E-state index is 12.1. The van der Waals surface area contributed by atoms with E-state index in [0.717, 1.165) is 30.2 Å². The molecule has 5 nitrogen and oxygen atoms in total. The highest BCUT2D eigenvalue weighted by molar-refractivity contribution is 7.09. The van der Waals surface area contributed by atoms with Crippen LogP contribution in [0.15, 0.2) is 29.6 Å². The number of benzene rings is 1. The first-order chi connectivity index (χ1) is 11.2. The fourth-order valence-corrected chi connectivity index (χ4v) is 2.98. The highest BCUT2D eigenvalue weighted by Crippen LogP contribution is 2.11. The van der Waals surface area contributed by atoms with Crippen LogP contribution in [0, 0.1) is 0 Å². The van der Waals surface area contributed by atoms with Crippen LogP contribution >= 0.6 is 36.2 Å². The maximum absolute atomic E-state index is 12.1. The van der Waals surface area contributed by atoms with Gasteiger partial charge in [0.25, 0.3) is 5.91 Å². The van der Waals surface area contributed by atoms with Gasteiger partial charge in [0.1, 0.15) is 10.7 Å². The van der Waals surface area contributed by atoms with Gasteiger partial charge in [-0.05, 0) is 24.2 Å². The quantitative estimate of drug-likeness (QED) is 0.708. The molecule has 0 unspecified atom stereocenters. The maximum Gasteiger partial charge on any atom is 0.271 e. The number of hydrogen-bond donors (Lipinski definition) is 2. The van der Waals surface area contributed by atoms with Crippen LogP contribution in [0.3, 0.4) is 0 Å². The summed E-state index contributed by atoms with van der Waals surface area (Å²) in [4.78, 5) is 18.6. The van der Waals surface area contributed by atoms with E-state index in [2.05, 4.69) is 41.2 Å². The van der Waals surface area contributed by atoms with Gasteiger partial charge < -0.3 is 11.1 Å². The molecule has 0 saturated heterocycles. The van der Waals surface area contributed by atoms with Gasteiger partial charge in [-0.15, -0.1) is 36.2 Å². The number of carbonyl (C=O) groups is 1. The lowest BCUT2D eigenvalue weighted by Crippen LogP contribution is -2.24. The fraction of sp³-hybridized carbons (Fsp3) is 0.412. The Labute approximate surface area is 165 Å². The van der Waals surface area contributed by atoms with Gasteiger partial charge in [-0.3, -0.25) is 9.69 Å². The van der Waals surface area contributed by atoms with Crippen LogP contribution in [0.2, 0.25) is 0 Å². The number of carbonyl (C=O) groups excluding carboxylic acids is 1. The molecule has 8 heteroatoms. The highest BCUT2D eigenvalue weighted by atomic mass is 35.5. The molecule has 1 heterocycles. The summed E-state index contributed by atoms with van der Waals surface area (Å²) in [5.41, 5.74) is 8.32. The lowest BCUT2D eigenvalue weighted by Gasteiger charge is -2.18. The molecule has 0 radical (unpaired) electrons. The van der Waals surface area contributed by atoms with E-state index in [1.54, 1.807) is 5.38 Å². The van der Waals surface area contributed by atoms with Crippen molar-refractivity contribution in [3.8, 4) is 0 Å². The lowest BCUT2D eigenvalue weighted by molar-refractivity contribution is 0.0946. The van der Waals surface area contributed by atoms with Gasteiger partial charge in [0.15, 0.2) is 0 Å². The third-order valence-corrected chi connectivity index (χ3v) is 4.58. The molecule has 2 rings (SSSR count). The Bertz CT molecular complexity index is 647. The van der Waals surface area contributed by atoms with E-state index in [9.17, 15) is 4.79 Å². The number of hydrogen-bond acceptors (Lipinski definition) is 5. The smallest absolute Gasteiger partial charge is 0.271 e. The van der Waals surface area contributed by atoms with E-state index < -0.39 is 0 Å². The molecule has 25 heavy (non-hydrogen) atoms. The Morgan fingerprint density at radius 1 is 1.24 bits per heavy atom. The minimum absolute atomic E-state index is 0. The molecular formula is C17H26Cl2N4OS. The third-order valence-electron chi connectivity index (χ3n) is 3.70. The van der Waals surface area contributed by atoms with Crippen LogP contribution in [-0.4, -0.2) is 28.9 Å². The fourth-order valence-electron chi connectivity index (χ4n) is 2.33. The average Bonchev–Trinajstić information content (AvgIpc) is 3.07. The zero-order valence-electron chi connectivity index (χ0n) is 14.5. The topological polar surface area (TPSA) is 71.2 Å². The van der Waals surface area contributed by atoms with E-state index >= 15 is 0 Å². The molecule has 140 valence electrons. The molecule has 1 aromatic heterocycles. The van der Waals surface area contributed by atoms with Gasteiger partial charge in [-0.2, -0.15) is 0 Å². The average molecular weight is 405 g/mol. The number of nitrogens with one attached hydrogen (secondary N) is 1. The first-order valence-corrected chi connectivity index (χ1v) is 8.77. The predicted molar refractivity (Wildman–Crippen MR) is 109 cm³/mol. The minimum Gasteiger partial charge on any atom is -0.347 e. The number of thiazole rings is 1. The predicted octanol–water partition coefficient (Wildman–Crippen LogP) is 3.22. The van der Waals surface area contributed by atoms with Gasteiger partial charge in [-0.25, -0.2) is 4.98 Å². The van der Waals surface area contributed by atoms with Crippen molar-refractivity contribution in [1.29, 1.82) is 0 Å². The molecule has 1 aromatic carbocycles. The first kappa shape index (κ1) is 23.8. The van der Waals surface area contributed by atoms with Crippen LogP contribution in [-0.2, 0) is 19.6 Å². The minimum atomic E-state index is -0.157. The Morgan fingerprint density at radius 3 is 2.52 bits per heavy atom. The van der Waals surface area contributed by atoms with E-state index in [-0.39, 0.29) is 30.7 Å². The molecule has 0 aliphatic carbocycles. The second kappa shape index (κ2) is 12.2. The van der Waals surface area contributed by atoms with Crippen LogP contribution in [0.25, 0.3) is 0 Å². The van der Waals surface area contributed by atoms with Crippen molar-refractivity contribution in [3.63, 3.8) is 0 Å². The summed E-state index contributed by atoms with van der Waals surface area (Å²) in [5, 5.41) is 5.43. The van der Waals surface area contributed by atoms with E-state index in [1.165, 1.54) is 16.9 Å². The Balaban J connectivity index is 0.00000288. The Hall–Kier alpha value is -1.18. The van der Waals surface area contributed by atoms with E-state index in [0.29, 0.717) is 18.8 Å². The van der Waals surface area contributed by atoms with Crippen LogP contribution < -0.4 is 11.1 Å². The summed E-state index contributed by atoms with van der Waals surface area (Å²) in [7, 11) is 0. The molecular weight excluding hydrogens is 379 g/mol. The second-order valence-electron chi connectivity index (χ2n) is 5.29. The van der Waals surface area contributed by atoms with Crippen LogP contribution in [0.1, 0.15) is 40.5 Å². The van der Waals surface area contributed by atoms with Gasteiger partial charge >= 0.3 is 0 Å². The van der Waals surface area contributed by atoms with Crippen molar-refractivity contribution in [2.24, 2.45) is 5.73 Å². The van der Waals surface area contributed by atoms with Gasteiger partial charge in [0.05, 0.1) is 0 Å². The third kappa shape index (κ3) is 7.30. The van der Waals surface area contributed by atoms with Crippen LogP contribution in [0.4, 0.5) is 0 Å². The SMILES string of the molecule is CCN(CC)Cc1cccc(CNC(=O)c2csc(CN)n2)c1.Cl.Cl. The molecule has 0 spiro atoms. The summed E-state index contributed by atoms with van der Waals surface area (Å²) in [6.07, 6.45) is 0. The zero-order chi connectivity index (χ0) is 16.7. The summed E-state index contributed by atoms with van der Waals surface area (Å²) in [5.74, 6) is -0.157. The number of amides is 1. The number of halogens is 2. The zero-order valence-corrected chi connectivity index (χ0v) is 17.0. The highest BCUT2D eigenvalue weighted by Gasteiger charge is 2.10. The molecule has 2 aromatic rings. The van der Waals surface area contributed by atoms with Gasteiger partial charge in [0, 0.05) is 25.0 Å². The van der Waals surface area contributed by atoms with E-state index in [1.807, 2.05) is 12.1 Å². The van der Waals surface area contributed by atoms with E-state index in [4.69, 9.17) is 5.73 Å². The number of aromatic nitrogens is 1.